The Labute approximate surface area is 157 Å². The average molecular weight is 445 g/mol. The SMILES string of the molecule is O=c1[nH]c2ccc(Cl)cc2n1S(=O)(=O)c1cc(C(F)(F)F)cc(C(F)(F)F)c1. The van der Waals surface area contributed by atoms with Crippen molar-refractivity contribution in [2.45, 2.75) is 17.2 Å². The first-order chi connectivity index (χ1) is 12.7. The van der Waals surface area contributed by atoms with Gasteiger partial charge in [-0.2, -0.15) is 30.3 Å². The van der Waals surface area contributed by atoms with Gasteiger partial charge in [0.15, 0.2) is 0 Å². The van der Waals surface area contributed by atoms with E-state index in [0.717, 1.165) is 6.07 Å². The molecule has 0 saturated carbocycles. The van der Waals surface area contributed by atoms with E-state index in [2.05, 4.69) is 4.98 Å². The Morgan fingerprint density at radius 1 is 0.893 bits per heavy atom. The van der Waals surface area contributed by atoms with Crippen LogP contribution in [-0.2, 0) is 22.4 Å². The zero-order valence-corrected chi connectivity index (χ0v) is 14.8. The molecule has 13 heteroatoms. The summed E-state index contributed by atoms with van der Waals surface area (Å²) in [6, 6.07) is 3.42. The second-order valence-electron chi connectivity index (χ2n) is 5.60. The van der Waals surface area contributed by atoms with Gasteiger partial charge in [-0.3, -0.25) is 0 Å². The highest BCUT2D eigenvalue weighted by Gasteiger charge is 2.39. The molecule has 0 saturated heterocycles. The summed E-state index contributed by atoms with van der Waals surface area (Å²) in [5.74, 6) is 0. The lowest BCUT2D eigenvalue weighted by Crippen LogP contribution is -2.26. The first-order valence-electron chi connectivity index (χ1n) is 7.16. The lowest BCUT2D eigenvalue weighted by Gasteiger charge is -2.14. The molecular weight excluding hydrogens is 438 g/mol. The standard InChI is InChI=1S/C15H7ClF6N2O3S/c16-9-1-2-11-12(6-9)24(13(25)23-11)28(26,27)10-4-7(14(17,18)19)3-8(5-10)15(20,21)22/h1-6H,(H,23,25). The van der Waals surface area contributed by atoms with Crippen LogP contribution >= 0.6 is 11.6 Å². The van der Waals surface area contributed by atoms with Crippen molar-refractivity contribution in [1.29, 1.82) is 0 Å². The van der Waals surface area contributed by atoms with Gasteiger partial charge in [-0.15, -0.1) is 0 Å². The second-order valence-corrected chi connectivity index (χ2v) is 7.83. The Morgan fingerprint density at radius 3 is 1.93 bits per heavy atom. The number of nitrogens with one attached hydrogen (secondary N) is 1. The predicted molar refractivity (Wildman–Crippen MR) is 86.6 cm³/mol. The number of benzene rings is 2. The minimum absolute atomic E-state index is 0.00419. The Bertz CT molecular complexity index is 1210. The van der Waals surface area contributed by atoms with Crippen LogP contribution in [0.2, 0.25) is 5.02 Å². The smallest absolute Gasteiger partial charge is 0.305 e. The molecule has 5 nitrogen and oxygen atoms in total. The van der Waals surface area contributed by atoms with Crippen LogP contribution in [0, 0.1) is 0 Å². The normalized spacial score (nSPS) is 13.2. The van der Waals surface area contributed by atoms with Gasteiger partial charge in [0.1, 0.15) is 0 Å². The number of rotatable bonds is 2. The molecule has 150 valence electrons. The van der Waals surface area contributed by atoms with Gasteiger partial charge in [0.2, 0.25) is 0 Å². The molecule has 0 atom stereocenters. The summed E-state index contributed by atoms with van der Waals surface area (Å²) in [6.07, 6.45) is -10.5. The molecule has 3 aromatic rings. The molecule has 0 fully saturated rings. The van der Waals surface area contributed by atoms with Crippen molar-refractivity contribution in [3.8, 4) is 0 Å². The summed E-state index contributed by atoms with van der Waals surface area (Å²) >= 11 is 5.74. The first-order valence-corrected chi connectivity index (χ1v) is 8.98. The maximum Gasteiger partial charge on any atom is 0.416 e. The molecule has 0 bridgehead atoms. The molecule has 1 aromatic heterocycles. The number of aromatic nitrogens is 2. The highest BCUT2D eigenvalue weighted by molar-refractivity contribution is 7.90. The number of hydrogen-bond acceptors (Lipinski definition) is 3. The number of imidazole rings is 1. The van der Waals surface area contributed by atoms with E-state index in [4.69, 9.17) is 11.6 Å². The zero-order valence-electron chi connectivity index (χ0n) is 13.2. The van der Waals surface area contributed by atoms with Crippen molar-refractivity contribution in [3.63, 3.8) is 0 Å². The lowest BCUT2D eigenvalue weighted by molar-refractivity contribution is -0.143. The van der Waals surface area contributed by atoms with Crippen molar-refractivity contribution in [1.82, 2.24) is 8.96 Å². The average Bonchev–Trinajstić information content (AvgIpc) is 2.88. The van der Waals surface area contributed by atoms with Crippen LogP contribution in [0.1, 0.15) is 11.1 Å². The van der Waals surface area contributed by atoms with E-state index in [-0.39, 0.29) is 38.2 Å². The van der Waals surface area contributed by atoms with Crippen molar-refractivity contribution < 1.29 is 34.8 Å². The van der Waals surface area contributed by atoms with Crippen molar-refractivity contribution in [2.75, 3.05) is 0 Å². The van der Waals surface area contributed by atoms with Crippen molar-refractivity contribution in [2.24, 2.45) is 0 Å². The summed E-state index contributed by atoms with van der Waals surface area (Å²) in [5, 5.41) is -0.00419. The number of hydrogen-bond donors (Lipinski definition) is 1. The quantitative estimate of drug-likeness (QED) is 0.600. The molecule has 0 unspecified atom stereocenters. The van der Waals surface area contributed by atoms with Crippen LogP contribution in [0.4, 0.5) is 26.3 Å². The fraction of sp³-hybridized carbons (Fsp3) is 0.133. The molecule has 0 radical (unpaired) electrons. The third kappa shape index (κ3) is 3.49. The van der Waals surface area contributed by atoms with E-state index < -0.39 is 44.1 Å². The first kappa shape index (κ1) is 20.3. The molecule has 1 heterocycles. The largest absolute Gasteiger partial charge is 0.416 e. The Hall–Kier alpha value is -2.47. The lowest BCUT2D eigenvalue weighted by atomic mass is 10.1. The molecule has 0 aliphatic heterocycles. The maximum absolute atomic E-state index is 13.0. The van der Waals surface area contributed by atoms with E-state index in [1.54, 1.807) is 0 Å². The molecule has 2 aromatic carbocycles. The Balaban J connectivity index is 2.36. The molecule has 0 spiro atoms. The monoisotopic (exact) mass is 444 g/mol. The van der Waals surface area contributed by atoms with Gasteiger partial charge in [-0.25, -0.2) is 13.2 Å². The molecular formula is C15H7ClF6N2O3S. The highest BCUT2D eigenvalue weighted by atomic mass is 35.5. The van der Waals surface area contributed by atoms with E-state index in [1.165, 1.54) is 12.1 Å². The summed E-state index contributed by atoms with van der Waals surface area (Å²) in [6.45, 7) is 0. The second kappa shape index (κ2) is 6.27. The van der Waals surface area contributed by atoms with E-state index in [0.29, 0.717) is 0 Å². The van der Waals surface area contributed by atoms with Crippen molar-refractivity contribution in [3.05, 3.63) is 63.0 Å². The third-order valence-electron chi connectivity index (χ3n) is 3.70. The van der Waals surface area contributed by atoms with Gasteiger partial charge in [-0.05, 0) is 36.4 Å². The third-order valence-corrected chi connectivity index (χ3v) is 5.61. The number of H-pyrrole nitrogens is 1. The molecule has 0 aliphatic rings. The van der Waals surface area contributed by atoms with Gasteiger partial charge < -0.3 is 4.98 Å². The number of fused-ring (bicyclic) bond motifs is 1. The van der Waals surface area contributed by atoms with Crippen LogP contribution in [0.5, 0.6) is 0 Å². The van der Waals surface area contributed by atoms with Crippen LogP contribution in [0.25, 0.3) is 11.0 Å². The minimum atomic E-state index is -5.25. The van der Waals surface area contributed by atoms with Gasteiger partial charge in [0.25, 0.3) is 10.0 Å². The van der Waals surface area contributed by atoms with Gasteiger partial charge in [0.05, 0.1) is 27.1 Å². The van der Waals surface area contributed by atoms with E-state index >= 15 is 0 Å². The number of nitrogens with zero attached hydrogens (tertiary/aromatic N) is 1. The Kier molecular flexibility index (Phi) is 4.54. The van der Waals surface area contributed by atoms with E-state index in [1.807, 2.05) is 0 Å². The van der Waals surface area contributed by atoms with Crippen LogP contribution < -0.4 is 5.69 Å². The van der Waals surface area contributed by atoms with Gasteiger partial charge in [-0.1, -0.05) is 11.6 Å². The van der Waals surface area contributed by atoms with E-state index in [9.17, 15) is 39.6 Å². The molecule has 1 N–H and O–H groups in total. The summed E-state index contributed by atoms with van der Waals surface area (Å²) in [5.41, 5.74) is -5.29. The summed E-state index contributed by atoms with van der Waals surface area (Å²) < 4.78 is 104. The topological polar surface area (TPSA) is 71.9 Å². The maximum atomic E-state index is 13.0. The summed E-state index contributed by atoms with van der Waals surface area (Å²) in [7, 11) is -5.12. The molecule has 0 aliphatic carbocycles. The molecule has 3 rings (SSSR count). The van der Waals surface area contributed by atoms with Gasteiger partial charge in [0, 0.05) is 5.02 Å². The van der Waals surface area contributed by atoms with Crippen LogP contribution in [0.15, 0.2) is 46.1 Å². The van der Waals surface area contributed by atoms with Gasteiger partial charge >= 0.3 is 18.0 Å². The number of halogens is 7. The van der Waals surface area contributed by atoms with Crippen molar-refractivity contribution >= 4 is 32.7 Å². The van der Waals surface area contributed by atoms with Crippen LogP contribution in [0.3, 0.4) is 0 Å². The fourth-order valence-electron chi connectivity index (χ4n) is 2.47. The Morgan fingerprint density at radius 2 is 1.43 bits per heavy atom. The number of alkyl halides is 6. The highest BCUT2D eigenvalue weighted by Crippen LogP contribution is 2.37. The molecule has 0 amide bonds. The van der Waals surface area contributed by atoms with Crippen LogP contribution in [-0.4, -0.2) is 17.4 Å². The predicted octanol–water partition coefficient (Wildman–Crippen LogP) is 4.26. The molecule has 28 heavy (non-hydrogen) atoms. The fourth-order valence-corrected chi connectivity index (χ4v) is 4.08. The zero-order chi connectivity index (χ0) is 21.1. The number of aromatic amines is 1. The minimum Gasteiger partial charge on any atom is -0.305 e. The summed E-state index contributed by atoms with van der Waals surface area (Å²) in [4.78, 5) is 12.9.